The minimum absolute atomic E-state index is 0.0183. The average Bonchev–Trinajstić information content (AvgIpc) is 2.98. The molecule has 0 bridgehead atoms. The van der Waals surface area contributed by atoms with E-state index < -0.39 is 0 Å². The van der Waals surface area contributed by atoms with Gasteiger partial charge < -0.3 is 15.4 Å². The first kappa shape index (κ1) is 18.2. The smallest absolute Gasteiger partial charge is 0.315 e. The van der Waals surface area contributed by atoms with Crippen LogP contribution in [0.1, 0.15) is 84.4 Å². The van der Waals surface area contributed by atoms with Crippen LogP contribution in [-0.2, 0) is 11.3 Å². The maximum absolute atomic E-state index is 12.6. The molecule has 1 fully saturated rings. The summed E-state index contributed by atoms with van der Waals surface area (Å²) >= 11 is 0. The van der Waals surface area contributed by atoms with Gasteiger partial charge in [-0.3, -0.25) is 0 Å². The number of ether oxygens (including phenoxy) is 1. The molecule has 2 aliphatic heterocycles. The molecule has 140 valence electrons. The molecule has 0 aliphatic carbocycles. The Labute approximate surface area is 149 Å². The van der Waals surface area contributed by atoms with Crippen LogP contribution in [0.4, 0.5) is 4.79 Å². The van der Waals surface area contributed by atoms with Gasteiger partial charge in [-0.05, 0) is 47.0 Å². The Hall–Kier alpha value is -1.63. The first-order chi connectivity index (χ1) is 11.6. The normalized spacial score (nSPS) is 27.2. The van der Waals surface area contributed by atoms with E-state index in [4.69, 9.17) is 4.74 Å². The van der Waals surface area contributed by atoms with Crippen molar-refractivity contribution in [2.24, 2.45) is 0 Å². The molecule has 0 spiro atoms. The molecule has 2 N–H and O–H groups in total. The van der Waals surface area contributed by atoms with Gasteiger partial charge in [0.05, 0.1) is 23.3 Å². The lowest BCUT2D eigenvalue weighted by Crippen LogP contribution is -2.50. The van der Waals surface area contributed by atoms with E-state index >= 15 is 0 Å². The van der Waals surface area contributed by atoms with Crippen molar-refractivity contribution < 1.29 is 9.53 Å². The van der Waals surface area contributed by atoms with Crippen molar-refractivity contribution >= 4 is 6.03 Å². The van der Waals surface area contributed by atoms with E-state index in [9.17, 15) is 4.79 Å². The molecule has 7 heteroatoms. The maximum atomic E-state index is 12.6. The third kappa shape index (κ3) is 3.81. The van der Waals surface area contributed by atoms with Gasteiger partial charge in [0, 0.05) is 12.5 Å². The van der Waals surface area contributed by atoms with E-state index in [0.29, 0.717) is 0 Å². The third-order valence-electron chi connectivity index (χ3n) is 5.09. The Bertz CT molecular complexity index is 650. The van der Waals surface area contributed by atoms with E-state index in [1.165, 1.54) is 0 Å². The molecule has 0 unspecified atom stereocenters. The SMILES string of the molecule is CC(C)c1nc2n(n1)CCC[C@@H]2NC(=O)N[C@H]1CC(C)(C)OC1(C)C. The number of hydrogen-bond acceptors (Lipinski definition) is 4. The zero-order valence-corrected chi connectivity index (χ0v) is 16.2. The van der Waals surface area contributed by atoms with Crippen LogP contribution < -0.4 is 10.6 Å². The molecule has 1 aromatic rings. The molecule has 0 saturated carbocycles. The highest BCUT2D eigenvalue weighted by molar-refractivity contribution is 5.75. The van der Waals surface area contributed by atoms with Crippen molar-refractivity contribution in [2.75, 3.05) is 0 Å². The molecule has 0 radical (unpaired) electrons. The predicted octanol–water partition coefficient (Wildman–Crippen LogP) is 2.88. The van der Waals surface area contributed by atoms with Crippen molar-refractivity contribution in [1.82, 2.24) is 25.4 Å². The summed E-state index contributed by atoms with van der Waals surface area (Å²) in [7, 11) is 0. The van der Waals surface area contributed by atoms with Gasteiger partial charge >= 0.3 is 6.03 Å². The molecule has 25 heavy (non-hydrogen) atoms. The molecular formula is C18H31N5O2. The quantitative estimate of drug-likeness (QED) is 0.879. The number of amides is 2. The molecule has 3 heterocycles. The topological polar surface area (TPSA) is 81.1 Å². The lowest BCUT2D eigenvalue weighted by molar-refractivity contribution is -0.0691. The Morgan fingerprint density at radius 3 is 2.60 bits per heavy atom. The van der Waals surface area contributed by atoms with Crippen LogP contribution in [-0.4, -0.2) is 38.0 Å². The van der Waals surface area contributed by atoms with Gasteiger partial charge in [-0.1, -0.05) is 13.8 Å². The molecule has 7 nitrogen and oxygen atoms in total. The summed E-state index contributed by atoms with van der Waals surface area (Å²) in [5.41, 5.74) is -0.600. The van der Waals surface area contributed by atoms with E-state index in [0.717, 1.165) is 37.5 Å². The highest BCUT2D eigenvalue weighted by Crippen LogP contribution is 2.37. The number of rotatable bonds is 3. The highest BCUT2D eigenvalue weighted by atomic mass is 16.5. The van der Waals surface area contributed by atoms with Crippen LogP contribution >= 0.6 is 0 Å². The van der Waals surface area contributed by atoms with Crippen molar-refractivity contribution in [1.29, 1.82) is 0 Å². The number of fused-ring (bicyclic) bond motifs is 1. The largest absolute Gasteiger partial charge is 0.367 e. The zero-order valence-electron chi connectivity index (χ0n) is 16.2. The third-order valence-corrected chi connectivity index (χ3v) is 5.09. The second kappa shape index (κ2) is 6.27. The number of carbonyl (C=O) groups excluding carboxylic acids is 1. The number of hydrogen-bond donors (Lipinski definition) is 2. The summed E-state index contributed by atoms with van der Waals surface area (Å²) in [6.07, 6.45) is 2.68. The van der Waals surface area contributed by atoms with Gasteiger partial charge in [-0.25, -0.2) is 14.5 Å². The van der Waals surface area contributed by atoms with Crippen LogP contribution in [0, 0.1) is 0 Å². The number of nitrogens with one attached hydrogen (secondary N) is 2. The minimum atomic E-state index is -0.377. The van der Waals surface area contributed by atoms with E-state index in [1.807, 2.05) is 18.5 Å². The Morgan fingerprint density at radius 2 is 2.00 bits per heavy atom. The first-order valence-corrected chi connectivity index (χ1v) is 9.29. The number of nitrogens with zero attached hydrogens (tertiary/aromatic N) is 3. The summed E-state index contributed by atoms with van der Waals surface area (Å²) in [5, 5.41) is 10.8. The molecule has 2 atom stereocenters. The number of aryl methyl sites for hydroxylation is 1. The monoisotopic (exact) mass is 349 g/mol. The predicted molar refractivity (Wildman–Crippen MR) is 95.4 cm³/mol. The average molecular weight is 349 g/mol. The summed E-state index contributed by atoms with van der Waals surface area (Å²) in [4.78, 5) is 17.2. The maximum Gasteiger partial charge on any atom is 0.315 e. The fourth-order valence-corrected chi connectivity index (χ4v) is 3.90. The van der Waals surface area contributed by atoms with Crippen molar-refractivity contribution in [2.45, 2.75) is 96.6 Å². The standard InChI is InChI=1S/C18H31N5O2/c1-11(2)14-21-15-12(8-7-9-23(15)22-14)19-16(24)20-13-10-17(3,4)25-18(13,5)6/h11-13H,7-10H2,1-6H3,(H2,19,20,24)/t12-,13-/m0/s1. The Morgan fingerprint density at radius 1 is 1.28 bits per heavy atom. The fourth-order valence-electron chi connectivity index (χ4n) is 3.90. The molecule has 2 aliphatic rings. The second-order valence-corrected chi connectivity index (χ2v) is 8.74. The lowest BCUT2D eigenvalue weighted by Gasteiger charge is -2.29. The molecule has 2 amide bonds. The first-order valence-electron chi connectivity index (χ1n) is 9.29. The summed E-state index contributed by atoms with van der Waals surface area (Å²) < 4.78 is 8.00. The van der Waals surface area contributed by atoms with Crippen molar-refractivity contribution in [3.63, 3.8) is 0 Å². The van der Waals surface area contributed by atoms with Crippen LogP contribution in [0.5, 0.6) is 0 Å². The summed E-state index contributed by atoms with van der Waals surface area (Å²) in [5.74, 6) is 2.00. The number of urea groups is 1. The van der Waals surface area contributed by atoms with Crippen LogP contribution in [0.25, 0.3) is 0 Å². The van der Waals surface area contributed by atoms with Crippen LogP contribution in [0.3, 0.4) is 0 Å². The van der Waals surface area contributed by atoms with E-state index in [2.05, 4.69) is 48.4 Å². The van der Waals surface area contributed by atoms with Crippen LogP contribution in [0.15, 0.2) is 0 Å². The fraction of sp³-hybridized carbons (Fsp3) is 0.833. The summed E-state index contributed by atoms with van der Waals surface area (Å²) in [6, 6.07) is -0.269. The summed E-state index contributed by atoms with van der Waals surface area (Å²) in [6.45, 7) is 13.2. The van der Waals surface area contributed by atoms with Gasteiger partial charge in [-0.15, -0.1) is 0 Å². The zero-order chi connectivity index (χ0) is 18.4. The Balaban J connectivity index is 1.67. The van der Waals surface area contributed by atoms with Crippen LogP contribution in [0.2, 0.25) is 0 Å². The van der Waals surface area contributed by atoms with Gasteiger partial charge in [-0.2, -0.15) is 5.10 Å². The molecular weight excluding hydrogens is 318 g/mol. The molecule has 0 aromatic carbocycles. The van der Waals surface area contributed by atoms with E-state index in [-0.39, 0.29) is 35.2 Å². The minimum Gasteiger partial charge on any atom is -0.367 e. The Kier molecular flexibility index (Phi) is 4.56. The van der Waals surface area contributed by atoms with Crippen molar-refractivity contribution in [3.8, 4) is 0 Å². The molecule has 3 rings (SSSR count). The van der Waals surface area contributed by atoms with Crippen molar-refractivity contribution in [3.05, 3.63) is 11.6 Å². The number of carbonyl (C=O) groups is 1. The lowest BCUT2D eigenvalue weighted by atomic mass is 9.94. The second-order valence-electron chi connectivity index (χ2n) is 8.74. The van der Waals surface area contributed by atoms with Gasteiger partial charge in [0.1, 0.15) is 5.82 Å². The van der Waals surface area contributed by atoms with Gasteiger partial charge in [0.2, 0.25) is 0 Å². The highest BCUT2D eigenvalue weighted by Gasteiger charge is 2.46. The molecule has 1 saturated heterocycles. The molecule has 1 aromatic heterocycles. The van der Waals surface area contributed by atoms with E-state index in [1.54, 1.807) is 0 Å². The van der Waals surface area contributed by atoms with Gasteiger partial charge in [0.25, 0.3) is 0 Å². The van der Waals surface area contributed by atoms with Gasteiger partial charge in [0.15, 0.2) is 5.82 Å². The number of aromatic nitrogens is 3.